The van der Waals surface area contributed by atoms with E-state index in [4.69, 9.17) is 0 Å². The van der Waals surface area contributed by atoms with Gasteiger partial charge in [0.2, 0.25) is 5.91 Å². The summed E-state index contributed by atoms with van der Waals surface area (Å²) in [4.78, 5) is 27.0. The van der Waals surface area contributed by atoms with E-state index in [0.29, 0.717) is 16.6 Å². The number of hydrogen-bond donors (Lipinski definition) is 2. The molecule has 0 saturated carbocycles. The predicted octanol–water partition coefficient (Wildman–Crippen LogP) is 3.71. The molecule has 2 N–H and O–H groups in total. The zero-order chi connectivity index (χ0) is 19.6. The molecule has 1 heterocycles. The SMILES string of the molecule is CC(C)C(=O)N[C@H](c1ccc([N+](=O)[O-])cc1)c1ccc2cccnc2c1O. The number of nitro groups is 1. The van der Waals surface area contributed by atoms with Gasteiger partial charge < -0.3 is 10.4 Å². The summed E-state index contributed by atoms with van der Waals surface area (Å²) in [6.07, 6.45) is 1.58. The number of aromatic hydroxyl groups is 1. The van der Waals surface area contributed by atoms with Crippen LogP contribution in [0.3, 0.4) is 0 Å². The number of amides is 1. The molecule has 1 amide bonds. The Bertz CT molecular complexity index is 1000. The summed E-state index contributed by atoms with van der Waals surface area (Å²) in [5.74, 6) is -0.481. The van der Waals surface area contributed by atoms with Gasteiger partial charge in [-0.15, -0.1) is 0 Å². The van der Waals surface area contributed by atoms with Gasteiger partial charge in [-0.25, -0.2) is 0 Å². The van der Waals surface area contributed by atoms with E-state index in [2.05, 4.69) is 10.3 Å². The fraction of sp³-hybridized carbons (Fsp3) is 0.200. The van der Waals surface area contributed by atoms with Gasteiger partial charge in [0, 0.05) is 35.2 Å². The second-order valence-corrected chi connectivity index (χ2v) is 6.52. The third kappa shape index (κ3) is 3.72. The Morgan fingerprint density at radius 1 is 1.15 bits per heavy atom. The smallest absolute Gasteiger partial charge is 0.269 e. The van der Waals surface area contributed by atoms with E-state index >= 15 is 0 Å². The lowest BCUT2D eigenvalue weighted by Crippen LogP contribution is -2.32. The molecule has 0 aliphatic heterocycles. The van der Waals surface area contributed by atoms with Gasteiger partial charge in [-0.2, -0.15) is 0 Å². The molecule has 0 bridgehead atoms. The number of pyridine rings is 1. The van der Waals surface area contributed by atoms with Crippen LogP contribution < -0.4 is 5.32 Å². The van der Waals surface area contributed by atoms with E-state index in [9.17, 15) is 20.0 Å². The number of nitrogens with zero attached hydrogens (tertiary/aromatic N) is 2. The first-order valence-corrected chi connectivity index (χ1v) is 8.50. The van der Waals surface area contributed by atoms with Crippen molar-refractivity contribution in [3.8, 4) is 5.75 Å². The summed E-state index contributed by atoms with van der Waals surface area (Å²) in [7, 11) is 0. The quantitative estimate of drug-likeness (QED) is 0.530. The molecule has 0 spiro atoms. The molecule has 0 radical (unpaired) electrons. The molecule has 1 atom stereocenters. The Labute approximate surface area is 155 Å². The Morgan fingerprint density at radius 2 is 1.85 bits per heavy atom. The number of nitrogens with one attached hydrogen (secondary N) is 1. The van der Waals surface area contributed by atoms with Gasteiger partial charge in [0.05, 0.1) is 11.0 Å². The Balaban J connectivity index is 2.11. The van der Waals surface area contributed by atoms with E-state index in [0.717, 1.165) is 5.39 Å². The fourth-order valence-corrected chi connectivity index (χ4v) is 2.82. The topological polar surface area (TPSA) is 105 Å². The highest BCUT2D eigenvalue weighted by Gasteiger charge is 2.23. The normalized spacial score (nSPS) is 12.1. The predicted molar refractivity (Wildman–Crippen MR) is 101 cm³/mol. The third-order valence-corrected chi connectivity index (χ3v) is 4.34. The minimum Gasteiger partial charge on any atom is -0.505 e. The van der Waals surface area contributed by atoms with Crippen LogP contribution in [0.2, 0.25) is 0 Å². The van der Waals surface area contributed by atoms with Crippen molar-refractivity contribution in [1.29, 1.82) is 0 Å². The number of nitro benzene ring substituents is 1. The molecule has 0 saturated heterocycles. The van der Waals surface area contributed by atoms with Crippen LogP contribution in [0.4, 0.5) is 5.69 Å². The molecule has 3 rings (SSSR count). The first-order valence-electron chi connectivity index (χ1n) is 8.50. The number of rotatable bonds is 5. The second kappa shape index (κ2) is 7.41. The van der Waals surface area contributed by atoms with Crippen molar-refractivity contribution < 1.29 is 14.8 Å². The van der Waals surface area contributed by atoms with E-state index < -0.39 is 11.0 Å². The van der Waals surface area contributed by atoms with Gasteiger partial charge in [-0.05, 0) is 23.8 Å². The van der Waals surface area contributed by atoms with E-state index in [1.54, 1.807) is 44.3 Å². The van der Waals surface area contributed by atoms with Crippen molar-refractivity contribution >= 4 is 22.5 Å². The zero-order valence-corrected chi connectivity index (χ0v) is 14.9. The third-order valence-electron chi connectivity index (χ3n) is 4.34. The lowest BCUT2D eigenvalue weighted by atomic mass is 9.95. The number of carbonyl (C=O) groups is 1. The maximum Gasteiger partial charge on any atom is 0.269 e. The van der Waals surface area contributed by atoms with Crippen LogP contribution in [0.5, 0.6) is 5.75 Å². The molecule has 3 aromatic rings. The molecule has 138 valence electrons. The maximum atomic E-state index is 12.3. The van der Waals surface area contributed by atoms with Crippen molar-refractivity contribution in [3.05, 3.63) is 76.0 Å². The Kier molecular flexibility index (Phi) is 5.03. The van der Waals surface area contributed by atoms with Crippen LogP contribution in [-0.4, -0.2) is 20.9 Å². The van der Waals surface area contributed by atoms with Gasteiger partial charge in [-0.3, -0.25) is 19.9 Å². The van der Waals surface area contributed by atoms with Gasteiger partial charge in [-0.1, -0.05) is 32.0 Å². The molecule has 0 aliphatic rings. The summed E-state index contributed by atoms with van der Waals surface area (Å²) in [6.45, 7) is 3.54. The molecule has 1 aromatic heterocycles. The zero-order valence-electron chi connectivity index (χ0n) is 14.9. The molecule has 0 fully saturated rings. The van der Waals surface area contributed by atoms with Crippen molar-refractivity contribution in [2.24, 2.45) is 5.92 Å². The summed E-state index contributed by atoms with van der Waals surface area (Å²) < 4.78 is 0. The average Bonchev–Trinajstić information content (AvgIpc) is 2.67. The number of phenols is 1. The van der Waals surface area contributed by atoms with Crippen LogP contribution in [-0.2, 0) is 4.79 Å². The Hall–Kier alpha value is -3.48. The van der Waals surface area contributed by atoms with Gasteiger partial charge in [0.1, 0.15) is 11.3 Å². The van der Waals surface area contributed by atoms with E-state index in [1.807, 2.05) is 12.1 Å². The highest BCUT2D eigenvalue weighted by Crippen LogP contribution is 2.35. The average molecular weight is 365 g/mol. The van der Waals surface area contributed by atoms with Crippen molar-refractivity contribution in [1.82, 2.24) is 10.3 Å². The molecule has 7 nitrogen and oxygen atoms in total. The standard InChI is InChI=1S/C20H19N3O4/c1-12(2)20(25)22-17(14-5-8-15(9-6-14)23(26)27)16-10-7-13-4-3-11-21-18(13)19(16)24/h3-12,17,24H,1-2H3,(H,22,25)/t17-/m1/s1. The highest BCUT2D eigenvalue weighted by atomic mass is 16.6. The van der Waals surface area contributed by atoms with E-state index in [-0.39, 0.29) is 23.3 Å². The number of aromatic nitrogens is 1. The fourth-order valence-electron chi connectivity index (χ4n) is 2.82. The van der Waals surface area contributed by atoms with Crippen molar-refractivity contribution in [2.75, 3.05) is 0 Å². The first kappa shape index (κ1) is 18.3. The van der Waals surface area contributed by atoms with Crippen molar-refractivity contribution in [2.45, 2.75) is 19.9 Å². The van der Waals surface area contributed by atoms with Crippen LogP contribution in [0.15, 0.2) is 54.7 Å². The summed E-state index contributed by atoms with van der Waals surface area (Å²) >= 11 is 0. The number of non-ortho nitro benzene ring substituents is 1. The number of carbonyl (C=O) groups excluding carboxylic acids is 1. The van der Waals surface area contributed by atoms with Gasteiger partial charge >= 0.3 is 0 Å². The monoisotopic (exact) mass is 365 g/mol. The molecule has 0 aliphatic carbocycles. The largest absolute Gasteiger partial charge is 0.505 e. The molecule has 27 heavy (non-hydrogen) atoms. The van der Waals surface area contributed by atoms with Gasteiger partial charge in [0.25, 0.3) is 5.69 Å². The first-order chi connectivity index (χ1) is 12.9. The number of benzene rings is 2. The van der Waals surface area contributed by atoms with Crippen LogP contribution >= 0.6 is 0 Å². The molecular formula is C20H19N3O4. The number of phenolic OH excluding ortho intramolecular Hbond substituents is 1. The second-order valence-electron chi connectivity index (χ2n) is 6.52. The molecule has 0 unspecified atom stereocenters. The van der Waals surface area contributed by atoms with Crippen LogP contribution in [0, 0.1) is 16.0 Å². The minimum absolute atomic E-state index is 0.0273. The Morgan fingerprint density at radius 3 is 2.48 bits per heavy atom. The van der Waals surface area contributed by atoms with Crippen LogP contribution in [0.25, 0.3) is 10.9 Å². The summed E-state index contributed by atoms with van der Waals surface area (Å²) in [5, 5.41) is 25.3. The molecule has 7 heteroatoms. The number of fused-ring (bicyclic) bond motifs is 1. The number of hydrogen-bond acceptors (Lipinski definition) is 5. The van der Waals surface area contributed by atoms with Gasteiger partial charge in [0.15, 0.2) is 0 Å². The maximum absolute atomic E-state index is 12.3. The molecule has 2 aromatic carbocycles. The minimum atomic E-state index is -0.660. The van der Waals surface area contributed by atoms with E-state index in [1.165, 1.54) is 12.1 Å². The highest BCUT2D eigenvalue weighted by molar-refractivity contribution is 5.86. The lowest BCUT2D eigenvalue weighted by molar-refractivity contribution is -0.384. The molecular weight excluding hydrogens is 346 g/mol. The summed E-state index contributed by atoms with van der Waals surface area (Å²) in [5.41, 5.74) is 1.49. The van der Waals surface area contributed by atoms with Crippen molar-refractivity contribution in [3.63, 3.8) is 0 Å². The summed E-state index contributed by atoms with van der Waals surface area (Å²) in [6, 6.07) is 12.4. The van der Waals surface area contributed by atoms with Crippen LogP contribution in [0.1, 0.15) is 31.0 Å². The lowest BCUT2D eigenvalue weighted by Gasteiger charge is -2.22.